The van der Waals surface area contributed by atoms with Crippen molar-refractivity contribution in [2.45, 2.75) is 82.1 Å². The summed E-state index contributed by atoms with van der Waals surface area (Å²) in [5.41, 5.74) is -1.11. The molecule has 1 saturated heterocycles. The van der Waals surface area contributed by atoms with Gasteiger partial charge in [-0.05, 0) is 25.0 Å². The Morgan fingerprint density at radius 1 is 0.976 bits per heavy atom. The topological polar surface area (TPSA) is 146 Å². The third-order valence-electron chi connectivity index (χ3n) is 6.10. The van der Waals surface area contributed by atoms with Crippen LogP contribution in [0.3, 0.4) is 0 Å². The predicted octanol–water partition coefficient (Wildman–Crippen LogP) is 3.84. The summed E-state index contributed by atoms with van der Waals surface area (Å²) in [6.07, 6.45) is 5.11. The number of methoxy groups -OCH3 is 1. The Morgan fingerprint density at radius 3 is 1.79 bits per heavy atom. The Labute approximate surface area is 251 Å². The van der Waals surface area contributed by atoms with Crippen LogP contribution in [0.5, 0.6) is 0 Å². The molecule has 4 amide bonds. The summed E-state index contributed by atoms with van der Waals surface area (Å²) in [5, 5.41) is 0. The van der Waals surface area contributed by atoms with Crippen LogP contribution in [0.25, 0.3) is 0 Å². The first kappa shape index (κ1) is 45.4. The Bertz CT molecular complexity index is 941. The number of esters is 2. The van der Waals surface area contributed by atoms with Crippen LogP contribution in [0.1, 0.15) is 70.2 Å². The van der Waals surface area contributed by atoms with E-state index in [4.69, 9.17) is 14.2 Å². The summed E-state index contributed by atoms with van der Waals surface area (Å²) in [6, 6.07) is 0. The van der Waals surface area contributed by atoms with E-state index in [0.29, 0.717) is 6.42 Å². The van der Waals surface area contributed by atoms with E-state index in [2.05, 4.69) is 24.8 Å². The Kier molecular flexibility index (Phi) is 21.9. The highest BCUT2D eigenvalue weighted by Gasteiger charge is 2.43. The van der Waals surface area contributed by atoms with Crippen LogP contribution in [0.2, 0.25) is 0 Å². The van der Waals surface area contributed by atoms with E-state index >= 15 is 0 Å². The highest BCUT2D eigenvalue weighted by Crippen LogP contribution is 2.34. The molecule has 0 N–H and O–H groups in total. The van der Waals surface area contributed by atoms with Crippen LogP contribution in [0.4, 0.5) is 0 Å². The number of carbonyl (C=O) groups is 6. The van der Waals surface area contributed by atoms with E-state index in [1.165, 1.54) is 7.11 Å². The average molecular weight is 601 g/mol. The molecule has 0 unspecified atom stereocenters. The summed E-state index contributed by atoms with van der Waals surface area (Å²) >= 11 is 0. The number of imide groups is 2. The van der Waals surface area contributed by atoms with Gasteiger partial charge in [-0.25, -0.2) is 0 Å². The minimum atomic E-state index is -0.947. The van der Waals surface area contributed by atoms with E-state index in [9.17, 15) is 28.8 Å². The van der Waals surface area contributed by atoms with Crippen LogP contribution in [-0.4, -0.2) is 90.7 Å². The molecule has 0 aromatic rings. The molecule has 242 valence electrons. The lowest BCUT2D eigenvalue weighted by Crippen LogP contribution is -2.54. The van der Waals surface area contributed by atoms with Crippen LogP contribution in [0.15, 0.2) is 37.5 Å². The summed E-state index contributed by atoms with van der Waals surface area (Å²) in [7, 11) is 1.20. The van der Waals surface area contributed by atoms with Gasteiger partial charge in [0.05, 0.1) is 20.3 Å². The molecule has 0 aromatic carbocycles. The molecule has 1 fully saturated rings. The summed E-state index contributed by atoms with van der Waals surface area (Å²) in [6.45, 7) is 14.2. The molecule has 0 bridgehead atoms. The number of amides is 4. The molecule has 0 radical (unpaired) electrons. The zero-order valence-electron chi connectivity index (χ0n) is 22.5. The van der Waals surface area contributed by atoms with Gasteiger partial charge >= 0.3 is 11.9 Å². The molecule has 0 aromatic heterocycles. The van der Waals surface area contributed by atoms with Crippen molar-refractivity contribution in [3.63, 3.8) is 0 Å². The highest BCUT2D eigenvalue weighted by molar-refractivity contribution is 6.14. The smallest absolute Gasteiger partial charge is 0.326 e. The summed E-state index contributed by atoms with van der Waals surface area (Å²) < 4.78 is 21.4. The summed E-state index contributed by atoms with van der Waals surface area (Å²) in [4.78, 5) is 69.7. The number of hydrogen-bond acceptors (Lipinski definition) is 10. The van der Waals surface area contributed by atoms with E-state index < -0.39 is 47.7 Å². The Balaban J connectivity index is -0.000000385. The molecule has 0 saturated carbocycles. The highest BCUT2D eigenvalue weighted by atomic mass is 16.7. The van der Waals surface area contributed by atoms with E-state index in [1.54, 1.807) is 0 Å². The maximum Gasteiger partial charge on any atom is 0.326 e. The first-order chi connectivity index (χ1) is 17.8. The zero-order chi connectivity index (χ0) is 29.1. The lowest BCUT2D eigenvalue weighted by Gasteiger charge is -2.43. The van der Waals surface area contributed by atoms with Crippen LogP contribution >= 0.6 is 0 Å². The molecule has 2 aliphatic rings. The zero-order valence-corrected chi connectivity index (χ0v) is 22.5. The monoisotopic (exact) mass is 600 g/mol. The lowest BCUT2D eigenvalue weighted by atomic mass is 9.88. The Morgan fingerprint density at radius 2 is 1.43 bits per heavy atom. The van der Waals surface area contributed by atoms with Gasteiger partial charge in [-0.2, -0.15) is 0 Å². The van der Waals surface area contributed by atoms with Crippen molar-refractivity contribution in [3.05, 3.63) is 37.5 Å². The van der Waals surface area contributed by atoms with Gasteiger partial charge in [0.25, 0.3) is 23.6 Å². The maximum absolute atomic E-state index is 12.3. The number of rotatable bonds is 10. The van der Waals surface area contributed by atoms with Gasteiger partial charge in [0, 0.05) is 17.6 Å². The van der Waals surface area contributed by atoms with Gasteiger partial charge in [0.2, 0.25) is 0 Å². The minimum Gasteiger partial charge on any atom is -0.468 e. The number of ether oxygens (including phenoxy) is 4. The quantitative estimate of drug-likeness (QED) is 0.206. The van der Waals surface area contributed by atoms with Gasteiger partial charge in [-0.1, -0.05) is 70.6 Å². The second-order valence-electron chi connectivity index (χ2n) is 9.15. The van der Waals surface area contributed by atoms with E-state index in [0.717, 1.165) is 40.5 Å². The van der Waals surface area contributed by atoms with Crippen LogP contribution < -0.4 is 0 Å². The normalized spacial score (nSPS) is 18.7. The molecule has 12 nitrogen and oxygen atoms in total. The molecule has 0 spiro atoms. The lowest BCUT2D eigenvalue weighted by molar-refractivity contribution is -0.290. The Hall–Kier alpha value is -3.64. The number of hydrogen-bond donors (Lipinski definition) is 0. The SMILES string of the molecule is C.C.C.C.C=CC(=O)N(CC(=O)OC1(CC)COC(C(C)(C)CC)OC1)C(=O)C=C.COC(=O)CN1C(=O)C=CC1=O. The van der Waals surface area contributed by atoms with Crippen LogP contribution in [-0.2, 0) is 47.7 Å². The summed E-state index contributed by atoms with van der Waals surface area (Å²) in [5.74, 6) is -3.69. The molecule has 2 rings (SSSR count). The number of nitrogens with zero attached hydrogens (tertiary/aromatic N) is 2. The van der Waals surface area contributed by atoms with Crippen molar-refractivity contribution in [2.24, 2.45) is 5.41 Å². The van der Waals surface area contributed by atoms with Gasteiger partial charge in [0.1, 0.15) is 13.1 Å². The second kappa shape index (κ2) is 20.3. The predicted molar refractivity (Wildman–Crippen MR) is 161 cm³/mol. The first-order valence-electron chi connectivity index (χ1n) is 11.9. The van der Waals surface area contributed by atoms with Gasteiger partial charge in [-0.15, -0.1) is 0 Å². The molecular formula is C30H52N2O10. The molecule has 2 aliphatic heterocycles. The molecular weight excluding hydrogens is 548 g/mol. The van der Waals surface area contributed by atoms with E-state index in [-0.39, 0.29) is 61.2 Å². The molecule has 12 heteroatoms. The van der Waals surface area contributed by atoms with Crippen molar-refractivity contribution in [1.82, 2.24) is 9.80 Å². The fourth-order valence-corrected chi connectivity index (χ4v) is 3.17. The standard InChI is InChI=1S/C19H29NO6.C7H7NO4.4CH4/c1-7-14(21)20(15(22)8-2)11-16(23)26-19(10-4)12-24-17(25-13-19)18(5,6)9-3;1-12-7(11)4-8-5(9)2-3-6(8)10;;;;/h7-8,17H,1-2,9-13H2,3-6H3;2-3H,4H2,1H3;4*1H4. The molecule has 0 atom stereocenters. The van der Waals surface area contributed by atoms with Crippen molar-refractivity contribution in [3.8, 4) is 0 Å². The van der Waals surface area contributed by atoms with Gasteiger partial charge < -0.3 is 18.9 Å². The van der Waals surface area contributed by atoms with Crippen molar-refractivity contribution >= 4 is 35.6 Å². The maximum atomic E-state index is 12.3. The van der Waals surface area contributed by atoms with Gasteiger partial charge in [0.15, 0.2) is 11.9 Å². The van der Waals surface area contributed by atoms with Crippen molar-refractivity contribution in [1.29, 1.82) is 0 Å². The third-order valence-corrected chi connectivity index (χ3v) is 6.10. The largest absolute Gasteiger partial charge is 0.468 e. The van der Waals surface area contributed by atoms with E-state index in [1.807, 2.05) is 20.8 Å². The fraction of sp³-hybridized carbons (Fsp3) is 0.600. The second-order valence-corrected chi connectivity index (χ2v) is 9.15. The molecule has 42 heavy (non-hydrogen) atoms. The van der Waals surface area contributed by atoms with Crippen molar-refractivity contribution in [2.75, 3.05) is 33.4 Å². The third kappa shape index (κ3) is 12.5. The van der Waals surface area contributed by atoms with Crippen molar-refractivity contribution < 1.29 is 47.7 Å². The molecule has 2 heterocycles. The molecule has 0 aliphatic carbocycles. The fourth-order valence-electron chi connectivity index (χ4n) is 3.17. The average Bonchev–Trinajstić information content (AvgIpc) is 3.23. The number of carbonyl (C=O) groups excluding carboxylic acids is 6. The van der Waals surface area contributed by atoms with Gasteiger partial charge in [-0.3, -0.25) is 38.6 Å². The first-order valence-corrected chi connectivity index (χ1v) is 11.9. The minimum absolute atomic E-state index is 0. The van der Waals surface area contributed by atoms with Crippen LogP contribution in [0, 0.1) is 5.41 Å².